The normalized spacial score (nSPS) is 21.7. The summed E-state index contributed by atoms with van der Waals surface area (Å²) in [5, 5.41) is 16.3. The number of likely N-dealkylation sites (tertiary alicyclic amines) is 1. The van der Waals surface area contributed by atoms with E-state index in [0.29, 0.717) is 12.5 Å². The van der Waals surface area contributed by atoms with Crippen molar-refractivity contribution < 1.29 is 9.90 Å². The fourth-order valence-corrected chi connectivity index (χ4v) is 4.41. The van der Waals surface area contributed by atoms with E-state index in [2.05, 4.69) is 31.4 Å². The lowest BCUT2D eigenvalue weighted by atomic mass is 9.79. The number of hydrogen-bond donors (Lipinski definition) is 3. The molecule has 1 aliphatic heterocycles. The molecule has 1 aliphatic carbocycles. The summed E-state index contributed by atoms with van der Waals surface area (Å²) in [7, 11) is 0. The van der Waals surface area contributed by atoms with Crippen molar-refractivity contribution in [2.45, 2.75) is 78.2 Å². The van der Waals surface area contributed by atoms with Crippen molar-refractivity contribution in [3.63, 3.8) is 0 Å². The van der Waals surface area contributed by atoms with Gasteiger partial charge in [0.1, 0.15) is 0 Å². The molecule has 0 aromatic heterocycles. The first-order valence-electron chi connectivity index (χ1n) is 11.0. The Morgan fingerprint density at radius 1 is 1.19 bits per heavy atom. The highest BCUT2D eigenvalue weighted by Crippen LogP contribution is 2.31. The van der Waals surface area contributed by atoms with Crippen LogP contribution in [0.3, 0.4) is 0 Å². The van der Waals surface area contributed by atoms with Gasteiger partial charge in [0.15, 0.2) is 5.96 Å². The Balaban J connectivity index is 1.92. The molecular formula is C21H40N4O2. The third-order valence-electron chi connectivity index (χ3n) is 6.60. The van der Waals surface area contributed by atoms with E-state index in [1.54, 1.807) is 0 Å². The molecule has 1 unspecified atom stereocenters. The van der Waals surface area contributed by atoms with E-state index in [0.717, 1.165) is 64.1 Å². The highest BCUT2D eigenvalue weighted by molar-refractivity contribution is 5.81. The lowest BCUT2D eigenvalue weighted by Gasteiger charge is -2.30. The van der Waals surface area contributed by atoms with Gasteiger partial charge in [0, 0.05) is 44.7 Å². The zero-order chi connectivity index (χ0) is 19.7. The summed E-state index contributed by atoms with van der Waals surface area (Å²) >= 11 is 0. The minimum absolute atomic E-state index is 0.0667. The Morgan fingerprint density at radius 2 is 1.89 bits per heavy atom. The van der Waals surface area contributed by atoms with Gasteiger partial charge in [-0.3, -0.25) is 9.79 Å². The number of carbonyl (C=O) groups excluding carboxylic acids is 1. The predicted octanol–water partition coefficient (Wildman–Crippen LogP) is 2.52. The van der Waals surface area contributed by atoms with Crippen LogP contribution >= 0.6 is 0 Å². The number of aliphatic imine (C=N–C) groups is 1. The second-order valence-electron chi connectivity index (χ2n) is 8.27. The Kier molecular flexibility index (Phi) is 8.87. The van der Waals surface area contributed by atoms with Gasteiger partial charge in [-0.2, -0.15) is 0 Å². The van der Waals surface area contributed by atoms with E-state index in [9.17, 15) is 9.90 Å². The van der Waals surface area contributed by atoms with Crippen LogP contribution in [-0.4, -0.2) is 60.7 Å². The highest BCUT2D eigenvalue weighted by atomic mass is 16.3. The lowest BCUT2D eigenvalue weighted by Crippen LogP contribution is -2.46. The molecule has 2 fully saturated rings. The van der Waals surface area contributed by atoms with E-state index in [-0.39, 0.29) is 24.0 Å². The molecule has 2 aliphatic rings. The van der Waals surface area contributed by atoms with Crippen LogP contribution in [0.15, 0.2) is 4.99 Å². The number of carbonyl (C=O) groups is 1. The average molecular weight is 381 g/mol. The molecule has 0 aromatic carbocycles. The fourth-order valence-electron chi connectivity index (χ4n) is 4.41. The molecule has 0 spiro atoms. The van der Waals surface area contributed by atoms with Gasteiger partial charge in [0.25, 0.3) is 0 Å². The Bertz CT molecular complexity index is 485. The summed E-state index contributed by atoms with van der Waals surface area (Å²) < 4.78 is 0. The minimum Gasteiger partial charge on any atom is -0.396 e. The quantitative estimate of drug-likeness (QED) is 0.424. The monoisotopic (exact) mass is 380 g/mol. The van der Waals surface area contributed by atoms with E-state index in [1.807, 2.05) is 4.90 Å². The minimum atomic E-state index is 0.0667. The van der Waals surface area contributed by atoms with Crippen LogP contribution in [0, 0.1) is 11.3 Å². The van der Waals surface area contributed by atoms with Gasteiger partial charge in [-0.25, -0.2) is 0 Å². The van der Waals surface area contributed by atoms with E-state index >= 15 is 0 Å². The Labute approximate surface area is 165 Å². The molecule has 2 rings (SSSR count). The van der Waals surface area contributed by atoms with Crippen LogP contribution < -0.4 is 10.6 Å². The number of nitrogens with one attached hydrogen (secondary N) is 2. The number of guanidine groups is 1. The maximum Gasteiger partial charge on any atom is 0.225 e. The summed E-state index contributed by atoms with van der Waals surface area (Å²) in [6.45, 7) is 9.80. The van der Waals surface area contributed by atoms with Gasteiger partial charge in [0.05, 0.1) is 0 Å². The van der Waals surface area contributed by atoms with Gasteiger partial charge >= 0.3 is 0 Å². The molecule has 6 heteroatoms. The molecule has 156 valence electrons. The van der Waals surface area contributed by atoms with Crippen molar-refractivity contribution in [2.75, 3.05) is 32.8 Å². The number of aliphatic hydroxyl groups is 1. The number of aliphatic hydroxyl groups excluding tert-OH is 1. The van der Waals surface area contributed by atoms with Crippen molar-refractivity contribution in [2.24, 2.45) is 16.3 Å². The van der Waals surface area contributed by atoms with Crippen LogP contribution in [0.4, 0.5) is 0 Å². The number of rotatable bonds is 9. The number of nitrogens with zero attached hydrogens (tertiary/aromatic N) is 2. The Hall–Kier alpha value is -1.30. The van der Waals surface area contributed by atoms with Crippen molar-refractivity contribution >= 4 is 11.9 Å². The lowest BCUT2D eigenvalue weighted by molar-refractivity contribution is -0.134. The van der Waals surface area contributed by atoms with Crippen molar-refractivity contribution in [1.29, 1.82) is 0 Å². The SMILES string of the molecule is CCNC(=NCC(CC)(CC)CCO)NC1CCN(C(=O)C2CCCC2)C1. The van der Waals surface area contributed by atoms with Crippen LogP contribution in [-0.2, 0) is 4.79 Å². The van der Waals surface area contributed by atoms with Gasteiger partial charge in [-0.05, 0) is 50.9 Å². The first kappa shape index (κ1) is 22.0. The van der Waals surface area contributed by atoms with Gasteiger partial charge in [-0.15, -0.1) is 0 Å². The summed E-state index contributed by atoms with van der Waals surface area (Å²) in [5.41, 5.74) is 0.0667. The van der Waals surface area contributed by atoms with E-state index < -0.39 is 0 Å². The number of amides is 1. The topological polar surface area (TPSA) is 77.0 Å². The van der Waals surface area contributed by atoms with Crippen molar-refractivity contribution in [1.82, 2.24) is 15.5 Å². The van der Waals surface area contributed by atoms with E-state index in [4.69, 9.17) is 4.99 Å². The molecule has 27 heavy (non-hydrogen) atoms. The molecule has 1 saturated heterocycles. The second-order valence-corrected chi connectivity index (χ2v) is 8.27. The maximum atomic E-state index is 12.6. The standard InChI is InChI=1S/C21H40N4O2/c1-4-21(5-2,12-14-26)16-23-20(22-6-3)24-18-11-13-25(15-18)19(27)17-9-7-8-10-17/h17-18,26H,4-16H2,1-3H3,(H2,22,23,24). The molecule has 0 bridgehead atoms. The molecule has 1 saturated carbocycles. The molecule has 1 heterocycles. The maximum absolute atomic E-state index is 12.6. The average Bonchev–Trinajstić information content (AvgIpc) is 3.37. The largest absolute Gasteiger partial charge is 0.396 e. The predicted molar refractivity (Wildman–Crippen MR) is 111 cm³/mol. The first-order valence-corrected chi connectivity index (χ1v) is 11.0. The van der Waals surface area contributed by atoms with Gasteiger partial charge in [-0.1, -0.05) is 26.7 Å². The third kappa shape index (κ3) is 6.09. The molecule has 6 nitrogen and oxygen atoms in total. The highest BCUT2D eigenvalue weighted by Gasteiger charge is 2.32. The number of hydrogen-bond acceptors (Lipinski definition) is 3. The van der Waals surface area contributed by atoms with E-state index in [1.165, 1.54) is 12.8 Å². The van der Waals surface area contributed by atoms with Crippen LogP contribution in [0.5, 0.6) is 0 Å². The zero-order valence-electron chi connectivity index (χ0n) is 17.6. The molecule has 1 amide bonds. The van der Waals surface area contributed by atoms with Crippen LogP contribution in [0.2, 0.25) is 0 Å². The van der Waals surface area contributed by atoms with Crippen LogP contribution in [0.1, 0.15) is 72.1 Å². The summed E-state index contributed by atoms with van der Waals surface area (Å²) in [6, 6.07) is 0.267. The summed E-state index contributed by atoms with van der Waals surface area (Å²) in [5.74, 6) is 1.46. The van der Waals surface area contributed by atoms with Crippen LogP contribution in [0.25, 0.3) is 0 Å². The molecule has 0 radical (unpaired) electrons. The molecular weight excluding hydrogens is 340 g/mol. The fraction of sp³-hybridized carbons (Fsp3) is 0.905. The summed E-state index contributed by atoms with van der Waals surface area (Å²) in [6.07, 6.45) is 8.33. The smallest absolute Gasteiger partial charge is 0.225 e. The summed E-state index contributed by atoms with van der Waals surface area (Å²) in [4.78, 5) is 19.5. The van der Waals surface area contributed by atoms with Crippen molar-refractivity contribution in [3.8, 4) is 0 Å². The molecule has 3 N–H and O–H groups in total. The third-order valence-corrected chi connectivity index (χ3v) is 6.60. The second kappa shape index (κ2) is 10.9. The van der Waals surface area contributed by atoms with Gasteiger partial charge < -0.3 is 20.6 Å². The Morgan fingerprint density at radius 3 is 2.48 bits per heavy atom. The van der Waals surface area contributed by atoms with Gasteiger partial charge in [0.2, 0.25) is 5.91 Å². The first-order chi connectivity index (χ1) is 13.1. The zero-order valence-corrected chi connectivity index (χ0v) is 17.6. The molecule has 1 atom stereocenters. The van der Waals surface area contributed by atoms with Crippen molar-refractivity contribution in [3.05, 3.63) is 0 Å². The molecule has 0 aromatic rings.